The lowest BCUT2D eigenvalue weighted by Crippen LogP contribution is -2.24. The number of carbonyl (C=O) groups excluding carboxylic acids is 2. The van der Waals surface area contributed by atoms with Gasteiger partial charge in [0.2, 0.25) is 5.91 Å². The standard InChI is InChI=1S/C15H20BrNO3/c1-10-9-11(16)5-6-12(10)17-13(18)7-8-14(19)20-15(2,3)4/h5-6,9H,7-8H2,1-4H3,(H,17,18). The minimum absolute atomic E-state index is 0.0820. The molecular formula is C15H20BrNO3. The van der Waals surface area contributed by atoms with Crippen LogP contribution in [0.25, 0.3) is 0 Å². The molecule has 0 radical (unpaired) electrons. The maximum atomic E-state index is 11.8. The van der Waals surface area contributed by atoms with Crippen LogP contribution < -0.4 is 5.32 Å². The molecule has 1 rings (SSSR count). The summed E-state index contributed by atoms with van der Waals surface area (Å²) in [7, 11) is 0. The summed E-state index contributed by atoms with van der Waals surface area (Å²) < 4.78 is 6.11. The molecule has 1 N–H and O–H groups in total. The van der Waals surface area contributed by atoms with Gasteiger partial charge >= 0.3 is 5.97 Å². The van der Waals surface area contributed by atoms with Crippen molar-refractivity contribution in [1.29, 1.82) is 0 Å². The second-order valence-electron chi connectivity index (χ2n) is 5.59. The molecule has 4 nitrogen and oxygen atoms in total. The molecule has 0 aliphatic heterocycles. The molecule has 0 atom stereocenters. The second kappa shape index (κ2) is 6.88. The Morgan fingerprint density at radius 2 is 1.90 bits per heavy atom. The normalized spacial score (nSPS) is 11.1. The first-order valence-electron chi connectivity index (χ1n) is 6.45. The molecule has 20 heavy (non-hydrogen) atoms. The van der Waals surface area contributed by atoms with Gasteiger partial charge in [-0.25, -0.2) is 0 Å². The van der Waals surface area contributed by atoms with Crippen molar-refractivity contribution in [3.8, 4) is 0 Å². The maximum Gasteiger partial charge on any atom is 0.306 e. The molecule has 0 bridgehead atoms. The first-order valence-corrected chi connectivity index (χ1v) is 7.24. The molecule has 0 saturated carbocycles. The SMILES string of the molecule is Cc1cc(Br)ccc1NC(=O)CCC(=O)OC(C)(C)C. The number of halogens is 1. The van der Waals surface area contributed by atoms with E-state index in [1.54, 1.807) is 20.8 Å². The van der Waals surface area contributed by atoms with E-state index in [9.17, 15) is 9.59 Å². The predicted molar refractivity (Wildman–Crippen MR) is 82.6 cm³/mol. The number of nitrogens with one attached hydrogen (secondary N) is 1. The van der Waals surface area contributed by atoms with E-state index in [1.165, 1.54) is 0 Å². The number of aryl methyl sites for hydroxylation is 1. The Morgan fingerprint density at radius 1 is 1.25 bits per heavy atom. The number of hydrogen-bond acceptors (Lipinski definition) is 3. The highest BCUT2D eigenvalue weighted by atomic mass is 79.9. The number of benzene rings is 1. The van der Waals surface area contributed by atoms with E-state index in [2.05, 4.69) is 21.2 Å². The van der Waals surface area contributed by atoms with Crippen LogP contribution in [-0.4, -0.2) is 17.5 Å². The topological polar surface area (TPSA) is 55.4 Å². The van der Waals surface area contributed by atoms with Gasteiger partial charge in [-0.15, -0.1) is 0 Å². The van der Waals surface area contributed by atoms with E-state index < -0.39 is 5.60 Å². The average molecular weight is 342 g/mol. The molecule has 110 valence electrons. The van der Waals surface area contributed by atoms with Gasteiger partial charge in [0.15, 0.2) is 0 Å². The Kier molecular flexibility index (Phi) is 5.74. The van der Waals surface area contributed by atoms with Crippen molar-refractivity contribution in [3.05, 3.63) is 28.2 Å². The predicted octanol–water partition coefficient (Wildman–Crippen LogP) is 3.82. The van der Waals surface area contributed by atoms with Gasteiger partial charge in [0.25, 0.3) is 0 Å². The summed E-state index contributed by atoms with van der Waals surface area (Å²) >= 11 is 3.37. The second-order valence-corrected chi connectivity index (χ2v) is 6.51. The summed E-state index contributed by atoms with van der Waals surface area (Å²) in [5, 5.41) is 2.79. The Bertz CT molecular complexity index is 506. The number of amides is 1. The Hall–Kier alpha value is -1.36. The summed E-state index contributed by atoms with van der Waals surface area (Å²) in [4.78, 5) is 23.3. The monoisotopic (exact) mass is 341 g/mol. The molecule has 5 heteroatoms. The number of hydrogen-bond donors (Lipinski definition) is 1. The average Bonchev–Trinajstić information content (AvgIpc) is 2.28. The summed E-state index contributed by atoms with van der Waals surface area (Å²) in [6.45, 7) is 7.32. The molecule has 0 aromatic heterocycles. The highest BCUT2D eigenvalue weighted by Gasteiger charge is 2.17. The Labute approximate surface area is 128 Å². The fourth-order valence-electron chi connectivity index (χ4n) is 1.59. The van der Waals surface area contributed by atoms with Crippen molar-refractivity contribution >= 4 is 33.5 Å². The van der Waals surface area contributed by atoms with E-state index in [1.807, 2.05) is 25.1 Å². The van der Waals surface area contributed by atoms with Gasteiger partial charge < -0.3 is 10.1 Å². The molecule has 0 aliphatic carbocycles. The van der Waals surface area contributed by atoms with Gasteiger partial charge in [0.05, 0.1) is 6.42 Å². The number of anilines is 1. The lowest BCUT2D eigenvalue weighted by molar-refractivity contribution is -0.155. The van der Waals surface area contributed by atoms with Gasteiger partial charge in [0.1, 0.15) is 5.60 Å². The van der Waals surface area contributed by atoms with Crippen LogP contribution >= 0.6 is 15.9 Å². The number of rotatable bonds is 4. The van der Waals surface area contributed by atoms with Crippen LogP contribution in [0.3, 0.4) is 0 Å². The maximum absolute atomic E-state index is 11.8. The van der Waals surface area contributed by atoms with Crippen molar-refractivity contribution < 1.29 is 14.3 Å². The van der Waals surface area contributed by atoms with E-state index >= 15 is 0 Å². The summed E-state index contributed by atoms with van der Waals surface area (Å²) in [5.74, 6) is -0.554. The smallest absolute Gasteiger partial charge is 0.306 e. The Balaban J connectivity index is 2.46. The fourth-order valence-corrected chi connectivity index (χ4v) is 2.06. The first kappa shape index (κ1) is 16.7. The molecule has 0 spiro atoms. The number of esters is 1. The van der Waals surface area contributed by atoms with Crippen molar-refractivity contribution in [3.63, 3.8) is 0 Å². The molecule has 1 aromatic rings. The van der Waals surface area contributed by atoms with Crippen LogP contribution in [0, 0.1) is 6.92 Å². The fraction of sp³-hybridized carbons (Fsp3) is 0.467. The zero-order chi connectivity index (χ0) is 15.3. The van der Waals surface area contributed by atoms with E-state index in [0.717, 1.165) is 15.7 Å². The third-order valence-electron chi connectivity index (χ3n) is 2.44. The number of carbonyl (C=O) groups is 2. The minimum Gasteiger partial charge on any atom is -0.460 e. The zero-order valence-corrected chi connectivity index (χ0v) is 13.8. The van der Waals surface area contributed by atoms with Gasteiger partial charge in [-0.05, 0) is 51.5 Å². The third kappa shape index (κ3) is 6.19. The van der Waals surface area contributed by atoms with E-state index in [0.29, 0.717) is 0 Å². The molecule has 1 aromatic carbocycles. The Morgan fingerprint density at radius 3 is 2.45 bits per heavy atom. The molecule has 0 aliphatic rings. The molecule has 0 unspecified atom stereocenters. The van der Waals surface area contributed by atoms with Crippen molar-refractivity contribution in [1.82, 2.24) is 0 Å². The van der Waals surface area contributed by atoms with E-state index in [-0.39, 0.29) is 24.7 Å². The molecule has 1 amide bonds. The van der Waals surface area contributed by atoms with Crippen LogP contribution in [0.4, 0.5) is 5.69 Å². The van der Waals surface area contributed by atoms with Crippen LogP contribution in [0.15, 0.2) is 22.7 Å². The van der Waals surface area contributed by atoms with Gasteiger partial charge in [-0.3, -0.25) is 9.59 Å². The van der Waals surface area contributed by atoms with Gasteiger partial charge in [-0.2, -0.15) is 0 Å². The van der Waals surface area contributed by atoms with E-state index in [4.69, 9.17) is 4.74 Å². The van der Waals surface area contributed by atoms with Crippen LogP contribution in [0.2, 0.25) is 0 Å². The third-order valence-corrected chi connectivity index (χ3v) is 2.93. The van der Waals surface area contributed by atoms with Crippen molar-refractivity contribution in [2.45, 2.75) is 46.1 Å². The van der Waals surface area contributed by atoms with Crippen LogP contribution in [-0.2, 0) is 14.3 Å². The quantitative estimate of drug-likeness (QED) is 0.847. The molecular weight excluding hydrogens is 322 g/mol. The molecule has 0 saturated heterocycles. The van der Waals surface area contributed by atoms with Crippen molar-refractivity contribution in [2.75, 3.05) is 5.32 Å². The first-order chi connectivity index (χ1) is 9.17. The molecule has 0 fully saturated rings. The van der Waals surface area contributed by atoms with Crippen LogP contribution in [0.1, 0.15) is 39.2 Å². The largest absolute Gasteiger partial charge is 0.460 e. The van der Waals surface area contributed by atoms with Crippen molar-refractivity contribution in [2.24, 2.45) is 0 Å². The zero-order valence-electron chi connectivity index (χ0n) is 12.2. The number of ether oxygens (including phenoxy) is 1. The summed E-state index contributed by atoms with van der Waals surface area (Å²) in [6, 6.07) is 5.60. The lowest BCUT2D eigenvalue weighted by Gasteiger charge is -2.19. The minimum atomic E-state index is -0.518. The lowest BCUT2D eigenvalue weighted by atomic mass is 10.2. The van der Waals surface area contributed by atoms with Gasteiger partial charge in [-0.1, -0.05) is 15.9 Å². The summed E-state index contributed by atoms with van der Waals surface area (Å²) in [5.41, 5.74) is 1.20. The summed E-state index contributed by atoms with van der Waals surface area (Å²) in [6.07, 6.45) is 0.198. The molecule has 0 heterocycles. The highest BCUT2D eigenvalue weighted by molar-refractivity contribution is 9.10. The van der Waals surface area contributed by atoms with Gasteiger partial charge in [0, 0.05) is 16.6 Å². The van der Waals surface area contributed by atoms with Crippen LogP contribution in [0.5, 0.6) is 0 Å². The highest BCUT2D eigenvalue weighted by Crippen LogP contribution is 2.20.